The zero-order chi connectivity index (χ0) is 16.1. The first-order valence-electron chi connectivity index (χ1n) is 8.57. The van der Waals surface area contributed by atoms with E-state index in [4.69, 9.17) is 0 Å². The molecule has 0 unspecified atom stereocenters. The second-order valence-corrected chi connectivity index (χ2v) is 6.45. The van der Waals surface area contributed by atoms with Crippen LogP contribution in [-0.4, -0.2) is 44.0 Å². The lowest BCUT2D eigenvalue weighted by Gasteiger charge is -2.34. The van der Waals surface area contributed by atoms with Crippen LogP contribution in [0.1, 0.15) is 43.2 Å². The van der Waals surface area contributed by atoms with E-state index in [9.17, 15) is 5.11 Å². The maximum atomic E-state index is 9.41. The summed E-state index contributed by atoms with van der Waals surface area (Å²) < 4.78 is 1.80. The third-order valence-electron chi connectivity index (χ3n) is 4.79. The number of aliphatic hydroxyl groups excluding tert-OH is 1. The molecule has 0 aliphatic heterocycles. The minimum absolute atomic E-state index is 0.229. The van der Waals surface area contributed by atoms with Crippen LogP contribution in [0.15, 0.2) is 30.9 Å². The van der Waals surface area contributed by atoms with Crippen molar-refractivity contribution < 1.29 is 5.11 Å². The van der Waals surface area contributed by atoms with Crippen LogP contribution >= 0.6 is 0 Å². The maximum Gasteiger partial charge on any atom is 0.138 e. The summed E-state index contributed by atoms with van der Waals surface area (Å²) in [6.45, 7) is 4.00. The molecule has 3 rings (SSSR count). The lowest BCUT2D eigenvalue weighted by atomic mass is 9.93. The molecule has 0 atom stereocenters. The molecule has 1 aromatic carbocycles. The van der Waals surface area contributed by atoms with E-state index in [0.717, 1.165) is 18.8 Å². The number of hydrogen-bond donors (Lipinski definition) is 1. The number of hydrogen-bond acceptors (Lipinski definition) is 4. The van der Waals surface area contributed by atoms with Gasteiger partial charge < -0.3 is 5.11 Å². The van der Waals surface area contributed by atoms with E-state index in [1.165, 1.54) is 43.2 Å². The van der Waals surface area contributed by atoms with Crippen LogP contribution in [0.5, 0.6) is 0 Å². The van der Waals surface area contributed by atoms with Crippen LogP contribution in [0.2, 0.25) is 0 Å². The first kappa shape index (κ1) is 16.1. The van der Waals surface area contributed by atoms with Crippen molar-refractivity contribution in [3.8, 4) is 5.69 Å². The fraction of sp³-hybridized carbons (Fsp3) is 0.556. The number of aliphatic hydroxyl groups is 1. The van der Waals surface area contributed by atoms with Crippen molar-refractivity contribution in [1.82, 2.24) is 19.7 Å². The highest BCUT2D eigenvalue weighted by atomic mass is 16.3. The van der Waals surface area contributed by atoms with E-state index < -0.39 is 0 Å². The van der Waals surface area contributed by atoms with Gasteiger partial charge in [-0.2, -0.15) is 5.10 Å². The standard InChI is InChI=1S/C18H26N4O/c1-15-11-16(7-8-18(15)22-14-19-13-20-22)12-21(9-10-23)17-5-3-2-4-6-17/h7-8,11,13-14,17,23H,2-6,9-10,12H2,1H3. The van der Waals surface area contributed by atoms with Gasteiger partial charge in [-0.25, -0.2) is 9.67 Å². The van der Waals surface area contributed by atoms with E-state index in [1.807, 2.05) is 0 Å². The topological polar surface area (TPSA) is 54.2 Å². The zero-order valence-electron chi connectivity index (χ0n) is 13.9. The zero-order valence-corrected chi connectivity index (χ0v) is 13.9. The van der Waals surface area contributed by atoms with Gasteiger partial charge in [-0.15, -0.1) is 0 Å². The summed E-state index contributed by atoms with van der Waals surface area (Å²) in [5.74, 6) is 0. The van der Waals surface area contributed by atoms with Gasteiger partial charge in [0.15, 0.2) is 0 Å². The molecule has 23 heavy (non-hydrogen) atoms. The Balaban J connectivity index is 1.73. The molecular formula is C18H26N4O. The minimum atomic E-state index is 0.229. The monoisotopic (exact) mass is 314 g/mol. The minimum Gasteiger partial charge on any atom is -0.395 e. The van der Waals surface area contributed by atoms with Gasteiger partial charge in [0.25, 0.3) is 0 Å². The molecule has 1 saturated carbocycles. The van der Waals surface area contributed by atoms with Gasteiger partial charge in [-0.3, -0.25) is 4.90 Å². The van der Waals surface area contributed by atoms with E-state index in [1.54, 1.807) is 17.3 Å². The molecule has 0 saturated heterocycles. The number of nitrogens with zero attached hydrogens (tertiary/aromatic N) is 4. The fourth-order valence-electron chi connectivity index (χ4n) is 3.61. The number of aryl methyl sites for hydroxylation is 1. The number of benzene rings is 1. The Morgan fingerprint density at radius 2 is 2.09 bits per heavy atom. The Hall–Kier alpha value is -1.72. The Labute approximate surface area is 138 Å². The number of rotatable bonds is 6. The van der Waals surface area contributed by atoms with Crippen molar-refractivity contribution in [3.63, 3.8) is 0 Å². The highest BCUT2D eigenvalue weighted by Crippen LogP contribution is 2.24. The summed E-state index contributed by atoms with van der Waals surface area (Å²) in [5.41, 5.74) is 3.56. The Morgan fingerprint density at radius 3 is 2.74 bits per heavy atom. The number of aromatic nitrogens is 3. The first-order valence-corrected chi connectivity index (χ1v) is 8.57. The van der Waals surface area contributed by atoms with Crippen LogP contribution in [0.3, 0.4) is 0 Å². The van der Waals surface area contributed by atoms with Crippen LogP contribution in [0.25, 0.3) is 5.69 Å². The van der Waals surface area contributed by atoms with Gasteiger partial charge in [0, 0.05) is 19.1 Å². The third kappa shape index (κ3) is 3.98. The summed E-state index contributed by atoms with van der Waals surface area (Å²) in [6.07, 6.45) is 9.79. The molecule has 5 nitrogen and oxygen atoms in total. The Morgan fingerprint density at radius 1 is 1.26 bits per heavy atom. The van der Waals surface area contributed by atoms with Crippen molar-refractivity contribution in [1.29, 1.82) is 0 Å². The smallest absolute Gasteiger partial charge is 0.138 e. The molecule has 1 aliphatic carbocycles. The summed E-state index contributed by atoms with van der Waals surface area (Å²) in [4.78, 5) is 6.46. The molecule has 1 fully saturated rings. The van der Waals surface area contributed by atoms with E-state index >= 15 is 0 Å². The van der Waals surface area contributed by atoms with Crippen molar-refractivity contribution in [2.75, 3.05) is 13.2 Å². The van der Waals surface area contributed by atoms with Crippen LogP contribution in [0, 0.1) is 6.92 Å². The van der Waals surface area contributed by atoms with Gasteiger partial charge in [0.2, 0.25) is 0 Å². The fourth-order valence-corrected chi connectivity index (χ4v) is 3.61. The average Bonchev–Trinajstić information content (AvgIpc) is 3.10. The molecule has 1 aliphatic rings. The van der Waals surface area contributed by atoms with Gasteiger partial charge in [-0.1, -0.05) is 31.4 Å². The third-order valence-corrected chi connectivity index (χ3v) is 4.79. The van der Waals surface area contributed by atoms with Gasteiger partial charge in [0.05, 0.1) is 12.3 Å². The molecule has 2 aromatic rings. The largest absolute Gasteiger partial charge is 0.395 e. The highest BCUT2D eigenvalue weighted by molar-refractivity contribution is 5.41. The molecule has 1 N–H and O–H groups in total. The summed E-state index contributed by atoms with van der Waals surface area (Å²) in [6, 6.07) is 7.12. The van der Waals surface area contributed by atoms with Crippen LogP contribution in [-0.2, 0) is 6.54 Å². The molecule has 1 heterocycles. The molecule has 0 bridgehead atoms. The molecule has 0 radical (unpaired) electrons. The predicted molar refractivity (Wildman–Crippen MR) is 90.5 cm³/mol. The van der Waals surface area contributed by atoms with Crippen molar-refractivity contribution >= 4 is 0 Å². The van der Waals surface area contributed by atoms with Crippen LogP contribution in [0.4, 0.5) is 0 Å². The lowest BCUT2D eigenvalue weighted by molar-refractivity contribution is 0.117. The van der Waals surface area contributed by atoms with Gasteiger partial charge in [0.1, 0.15) is 12.7 Å². The Bertz CT molecular complexity index is 605. The van der Waals surface area contributed by atoms with Crippen molar-refractivity contribution in [3.05, 3.63) is 42.0 Å². The SMILES string of the molecule is Cc1cc(CN(CCO)C2CCCCC2)ccc1-n1cncn1. The van der Waals surface area contributed by atoms with E-state index in [0.29, 0.717) is 6.04 Å². The van der Waals surface area contributed by atoms with Crippen LogP contribution < -0.4 is 0 Å². The summed E-state index contributed by atoms with van der Waals surface area (Å²) in [7, 11) is 0. The summed E-state index contributed by atoms with van der Waals surface area (Å²) >= 11 is 0. The van der Waals surface area contributed by atoms with Crippen molar-refractivity contribution in [2.24, 2.45) is 0 Å². The maximum absolute atomic E-state index is 9.41. The van der Waals surface area contributed by atoms with E-state index in [-0.39, 0.29) is 6.61 Å². The second kappa shape index (κ2) is 7.70. The van der Waals surface area contributed by atoms with Gasteiger partial charge in [-0.05, 0) is 37.0 Å². The predicted octanol–water partition coefficient (Wildman–Crippen LogP) is 2.70. The normalized spacial score (nSPS) is 16.1. The first-order chi connectivity index (χ1) is 11.3. The lowest BCUT2D eigenvalue weighted by Crippen LogP contribution is -2.38. The van der Waals surface area contributed by atoms with Crippen molar-refractivity contribution in [2.45, 2.75) is 51.6 Å². The highest BCUT2D eigenvalue weighted by Gasteiger charge is 2.21. The second-order valence-electron chi connectivity index (χ2n) is 6.45. The molecule has 0 spiro atoms. The summed E-state index contributed by atoms with van der Waals surface area (Å²) in [5, 5.41) is 13.6. The molecule has 124 valence electrons. The Kier molecular flexibility index (Phi) is 5.41. The molecule has 0 amide bonds. The average molecular weight is 314 g/mol. The molecule has 5 heteroatoms. The molecular weight excluding hydrogens is 288 g/mol. The van der Waals surface area contributed by atoms with Gasteiger partial charge >= 0.3 is 0 Å². The quantitative estimate of drug-likeness (QED) is 0.891. The van der Waals surface area contributed by atoms with E-state index in [2.05, 4.69) is 40.1 Å². The molecule has 1 aromatic heterocycles.